The zero-order chi connectivity index (χ0) is 16.1. The van der Waals surface area contributed by atoms with E-state index >= 15 is 0 Å². The lowest BCUT2D eigenvalue weighted by Crippen LogP contribution is -2.41. The van der Waals surface area contributed by atoms with E-state index in [1.54, 1.807) is 0 Å². The van der Waals surface area contributed by atoms with E-state index in [1.165, 1.54) is 0 Å². The molecule has 0 saturated heterocycles. The van der Waals surface area contributed by atoms with Crippen molar-refractivity contribution < 1.29 is 19.2 Å². The van der Waals surface area contributed by atoms with Crippen LogP contribution in [0.15, 0.2) is 9.98 Å². The van der Waals surface area contributed by atoms with E-state index in [2.05, 4.69) is 25.9 Å². The minimum Gasteiger partial charge on any atom is -0.390 e. The van der Waals surface area contributed by atoms with Gasteiger partial charge in [-0.1, -0.05) is 14.9 Å². The fourth-order valence-corrected chi connectivity index (χ4v) is 0.842. The standard InChI is InChI=1S/C9H14N8O4.2CH4/c10-2-12-6(18)1-7(19)14-4-15-9(21)17-5-16-8(20)13-3-11;;/h2-4H,1,5H2,(H2,10,12,18)(H3,11,13,16,20)(H2,14,15,17,19,21);2*1H4. The Kier molecular flexibility index (Phi) is 16.2. The molecule has 0 aromatic heterocycles. The number of amides is 6. The lowest BCUT2D eigenvalue weighted by Gasteiger charge is -2.03. The fourth-order valence-electron chi connectivity index (χ4n) is 0.842. The van der Waals surface area contributed by atoms with Crippen LogP contribution in [0.1, 0.15) is 21.3 Å². The molecular formula is C11H22N8O4. The molecule has 0 saturated carbocycles. The van der Waals surface area contributed by atoms with Gasteiger partial charge in [0.15, 0.2) is 0 Å². The molecule has 0 bridgehead atoms. The largest absolute Gasteiger partial charge is 0.390 e. The third-order valence-electron chi connectivity index (χ3n) is 1.63. The second kappa shape index (κ2) is 15.1. The average Bonchev–Trinajstić information content (AvgIpc) is 2.39. The van der Waals surface area contributed by atoms with Crippen LogP contribution < -0.4 is 27.0 Å². The molecule has 0 spiro atoms. The molecule has 23 heavy (non-hydrogen) atoms. The number of nitrogens with one attached hydrogen (secondary N) is 5. The van der Waals surface area contributed by atoms with Crippen LogP contribution in [0.3, 0.4) is 0 Å². The van der Waals surface area contributed by atoms with Gasteiger partial charge in [0.2, 0.25) is 5.91 Å². The van der Waals surface area contributed by atoms with Gasteiger partial charge in [0.1, 0.15) is 12.8 Å². The highest BCUT2D eigenvalue weighted by molar-refractivity contribution is 6.03. The summed E-state index contributed by atoms with van der Waals surface area (Å²) in [6.45, 7) is -0.229. The Morgan fingerprint density at radius 2 is 1.70 bits per heavy atom. The first-order valence-electron chi connectivity index (χ1n) is 5.39. The maximum Gasteiger partial charge on any atom is 0.343 e. The smallest absolute Gasteiger partial charge is 0.343 e. The first-order valence-corrected chi connectivity index (χ1v) is 5.39. The Morgan fingerprint density at radius 3 is 2.26 bits per heavy atom. The fraction of sp³-hybridized carbons (Fsp3) is 0.364. The minimum atomic E-state index is -0.836. The second-order valence-electron chi connectivity index (χ2n) is 3.13. The van der Waals surface area contributed by atoms with Crippen molar-refractivity contribution >= 4 is 42.9 Å². The molecule has 0 aliphatic rings. The number of nitrogens with two attached hydrogens (primary N) is 1. The van der Waals surface area contributed by atoms with Gasteiger partial charge in [-0.25, -0.2) is 14.6 Å². The number of aliphatic imine (C=N–C) groups is 2. The van der Waals surface area contributed by atoms with Crippen LogP contribution in [0.2, 0.25) is 0 Å². The first kappa shape index (κ1) is 24.7. The molecular weight excluding hydrogens is 308 g/mol. The highest BCUT2D eigenvalue weighted by Gasteiger charge is 2.06. The number of urea groups is 2. The minimum absolute atomic E-state index is 0. The third-order valence-corrected chi connectivity index (χ3v) is 1.63. The number of hydrogen-bond acceptors (Lipinski definition) is 5. The molecule has 0 aromatic rings. The molecule has 0 rings (SSSR count). The van der Waals surface area contributed by atoms with Gasteiger partial charge in [-0.15, -0.1) is 0 Å². The molecule has 12 nitrogen and oxygen atoms in total. The molecule has 12 heteroatoms. The summed E-state index contributed by atoms with van der Waals surface area (Å²) in [7, 11) is 0. The van der Waals surface area contributed by atoms with Crippen LogP contribution >= 0.6 is 0 Å². The number of carbonyl (C=O) groups excluding carboxylic acids is 4. The predicted octanol–water partition coefficient (Wildman–Crippen LogP) is -1.12. The van der Waals surface area contributed by atoms with Crippen molar-refractivity contribution in [3.8, 4) is 0 Å². The average molecular weight is 330 g/mol. The molecule has 0 aliphatic heterocycles. The van der Waals surface area contributed by atoms with Crippen LogP contribution in [0.25, 0.3) is 0 Å². The van der Waals surface area contributed by atoms with Crippen LogP contribution in [-0.4, -0.2) is 49.6 Å². The maximum atomic E-state index is 11.1. The first-order chi connectivity index (χ1) is 9.99. The molecule has 6 amide bonds. The Hall–Kier alpha value is -3.31. The van der Waals surface area contributed by atoms with Gasteiger partial charge in [-0.3, -0.25) is 20.3 Å². The Morgan fingerprint density at radius 1 is 1.04 bits per heavy atom. The summed E-state index contributed by atoms with van der Waals surface area (Å²) in [6, 6.07) is -1.52. The van der Waals surface area contributed by atoms with Gasteiger partial charge < -0.3 is 21.7 Å². The molecule has 0 radical (unpaired) electrons. The zero-order valence-electron chi connectivity index (χ0n) is 10.8. The second-order valence-corrected chi connectivity index (χ2v) is 3.13. The zero-order valence-corrected chi connectivity index (χ0v) is 10.8. The molecule has 0 unspecified atom stereocenters. The monoisotopic (exact) mass is 330 g/mol. The van der Waals surface area contributed by atoms with Crippen molar-refractivity contribution in [1.29, 1.82) is 5.41 Å². The van der Waals surface area contributed by atoms with Gasteiger partial charge in [0, 0.05) is 0 Å². The number of nitrogens with zero attached hydrogens (tertiary/aromatic N) is 2. The van der Waals surface area contributed by atoms with Gasteiger partial charge in [0.25, 0.3) is 5.91 Å². The third kappa shape index (κ3) is 14.9. The van der Waals surface area contributed by atoms with Gasteiger partial charge in [-0.05, 0) is 0 Å². The van der Waals surface area contributed by atoms with Crippen LogP contribution in [0.4, 0.5) is 9.59 Å². The summed E-state index contributed by atoms with van der Waals surface area (Å²) in [5, 5.41) is 15.0. The van der Waals surface area contributed by atoms with Gasteiger partial charge in [0.05, 0.1) is 19.3 Å². The maximum absolute atomic E-state index is 11.1. The highest BCUT2D eigenvalue weighted by Crippen LogP contribution is 1.83. The lowest BCUT2D eigenvalue weighted by atomic mass is 10.4. The summed E-state index contributed by atoms with van der Waals surface area (Å²) in [6.07, 6.45) is 1.68. The van der Waals surface area contributed by atoms with Gasteiger partial charge >= 0.3 is 12.1 Å². The van der Waals surface area contributed by atoms with Crippen LogP contribution in [-0.2, 0) is 9.59 Å². The number of rotatable bonds is 6. The van der Waals surface area contributed by atoms with Crippen LogP contribution in [0.5, 0.6) is 0 Å². The van der Waals surface area contributed by atoms with Crippen molar-refractivity contribution in [2.24, 2.45) is 15.7 Å². The van der Waals surface area contributed by atoms with Crippen LogP contribution in [0, 0.1) is 5.41 Å². The molecule has 0 aliphatic carbocycles. The summed E-state index contributed by atoms with van der Waals surface area (Å²) in [4.78, 5) is 50.3. The van der Waals surface area contributed by atoms with Crippen molar-refractivity contribution in [2.45, 2.75) is 21.3 Å². The topological polar surface area (TPSA) is 191 Å². The Labute approximate surface area is 133 Å². The SMILES string of the molecule is C.C.N=CNC(=O)NCNC(=O)N=CNC(=O)CC(=O)N=CN. The Balaban J connectivity index is -0.00000200. The Bertz CT molecular complexity index is 475. The molecule has 7 N–H and O–H groups in total. The lowest BCUT2D eigenvalue weighted by molar-refractivity contribution is -0.126. The van der Waals surface area contributed by atoms with E-state index in [0.29, 0.717) is 6.34 Å². The molecule has 0 fully saturated rings. The predicted molar refractivity (Wildman–Crippen MR) is 86.2 cm³/mol. The van der Waals surface area contributed by atoms with Gasteiger partial charge in [-0.2, -0.15) is 4.99 Å². The number of carbonyl (C=O) groups is 4. The van der Waals surface area contributed by atoms with E-state index in [1.807, 2.05) is 5.32 Å². The van der Waals surface area contributed by atoms with E-state index in [0.717, 1.165) is 12.7 Å². The summed E-state index contributed by atoms with van der Waals surface area (Å²) >= 11 is 0. The molecule has 130 valence electrons. The quantitative estimate of drug-likeness (QED) is 0.155. The van der Waals surface area contributed by atoms with E-state index in [-0.39, 0.29) is 21.5 Å². The van der Waals surface area contributed by atoms with E-state index in [4.69, 9.17) is 11.1 Å². The van der Waals surface area contributed by atoms with Crippen molar-refractivity contribution in [3.05, 3.63) is 0 Å². The summed E-state index contributed by atoms with van der Waals surface area (Å²) in [5.41, 5.74) is 4.86. The highest BCUT2D eigenvalue weighted by atomic mass is 16.2. The molecule has 0 aromatic carbocycles. The normalized spacial score (nSPS) is 9.22. The van der Waals surface area contributed by atoms with E-state index in [9.17, 15) is 19.2 Å². The molecule has 0 atom stereocenters. The van der Waals surface area contributed by atoms with Crippen molar-refractivity contribution in [3.63, 3.8) is 0 Å². The number of hydrogen-bond donors (Lipinski definition) is 6. The van der Waals surface area contributed by atoms with Crippen molar-refractivity contribution in [2.75, 3.05) is 6.67 Å². The summed E-state index contributed by atoms with van der Waals surface area (Å²) in [5.74, 6) is -1.46. The summed E-state index contributed by atoms with van der Waals surface area (Å²) < 4.78 is 0. The van der Waals surface area contributed by atoms with Crippen molar-refractivity contribution in [1.82, 2.24) is 21.3 Å². The molecule has 0 heterocycles. The van der Waals surface area contributed by atoms with E-state index < -0.39 is 30.3 Å².